The number of rotatable bonds is 10. The number of hydrogen-bond donors (Lipinski definition) is 2. The summed E-state index contributed by atoms with van der Waals surface area (Å²) in [7, 11) is 0. The van der Waals surface area contributed by atoms with Gasteiger partial charge < -0.3 is 20.3 Å². The van der Waals surface area contributed by atoms with Gasteiger partial charge in [-0.15, -0.1) is 0 Å². The number of ether oxygens (including phenoxy) is 1. The fraction of sp³-hybridized carbons (Fsp3) is 0.593. The molecule has 3 aromatic rings. The summed E-state index contributed by atoms with van der Waals surface area (Å²) in [6.07, 6.45) is -12.9. The first-order valence-electron chi connectivity index (χ1n) is 14.9. The van der Waals surface area contributed by atoms with Gasteiger partial charge in [-0.1, -0.05) is 0 Å². The van der Waals surface area contributed by atoms with Crippen LogP contribution in [-0.4, -0.2) is 128 Å². The summed E-state index contributed by atoms with van der Waals surface area (Å²) >= 11 is 1.92. The van der Waals surface area contributed by atoms with Crippen LogP contribution in [0.15, 0.2) is 18.6 Å². The maximum absolute atomic E-state index is 12.6. The van der Waals surface area contributed by atoms with E-state index in [1.807, 2.05) is 11.8 Å². The van der Waals surface area contributed by atoms with E-state index in [0.717, 1.165) is 49.9 Å². The Hall–Kier alpha value is -3.83. The van der Waals surface area contributed by atoms with Crippen molar-refractivity contribution in [1.29, 1.82) is 0 Å². The average Bonchev–Trinajstić information content (AvgIpc) is 3.39. The number of alkyl halides is 9. The van der Waals surface area contributed by atoms with Gasteiger partial charge in [-0.3, -0.25) is 19.2 Å². The molecule has 276 valence electrons. The molecule has 2 saturated heterocycles. The van der Waals surface area contributed by atoms with Crippen LogP contribution in [0.3, 0.4) is 0 Å². The lowest BCUT2D eigenvalue weighted by molar-refractivity contribution is -0.193. The lowest BCUT2D eigenvalue weighted by atomic mass is 10.2. The van der Waals surface area contributed by atoms with E-state index in [4.69, 9.17) is 19.8 Å². The predicted octanol–water partition coefficient (Wildman–Crippen LogP) is 3.53. The summed E-state index contributed by atoms with van der Waals surface area (Å²) < 4.78 is 111. The van der Waals surface area contributed by atoms with Gasteiger partial charge in [0.2, 0.25) is 5.95 Å². The topological polar surface area (TPSA) is 143 Å². The number of ketones is 2. The Morgan fingerprint density at radius 3 is 2.28 bits per heavy atom. The molecule has 2 aliphatic heterocycles. The summed E-state index contributed by atoms with van der Waals surface area (Å²) in [4.78, 5) is 41.8. The minimum atomic E-state index is -5.77. The molecule has 0 aliphatic carbocycles. The minimum Gasteiger partial charge on any atom is -0.370 e. The molecule has 5 rings (SSSR count). The SMILES string of the molecule is C[C@@H]1CN(c2nc(Nc3ccncn3)c3c(n2)c(CN2CCSCC2)nn3CCOCC(F)(F)F)CCN1.O=C(C(=O)C(F)(F)F)C(F)(F)F. The second-order valence-corrected chi connectivity index (χ2v) is 12.2. The Balaban J connectivity index is 0.000000402. The van der Waals surface area contributed by atoms with E-state index >= 15 is 0 Å². The van der Waals surface area contributed by atoms with E-state index in [0.29, 0.717) is 35.2 Å². The maximum atomic E-state index is 12.6. The Labute approximate surface area is 282 Å². The zero-order chi connectivity index (χ0) is 36.7. The molecule has 5 heterocycles. The molecule has 2 N–H and O–H groups in total. The first-order chi connectivity index (χ1) is 23.4. The molecule has 0 saturated carbocycles. The van der Waals surface area contributed by atoms with Gasteiger partial charge in [0.05, 0.1) is 13.2 Å². The number of piperazine rings is 1. The van der Waals surface area contributed by atoms with Crippen LogP contribution < -0.4 is 15.5 Å². The zero-order valence-electron chi connectivity index (χ0n) is 26.2. The summed E-state index contributed by atoms with van der Waals surface area (Å²) in [6, 6.07) is 2.00. The number of Topliss-reactive ketones (excluding diaryl/α,β-unsaturated/α-hetero) is 2. The Morgan fingerprint density at radius 2 is 1.70 bits per heavy atom. The number of halogens is 9. The molecule has 2 fully saturated rings. The number of anilines is 3. The molecule has 1 atom stereocenters. The van der Waals surface area contributed by atoms with Crippen LogP contribution in [0.2, 0.25) is 0 Å². The van der Waals surface area contributed by atoms with Crippen LogP contribution in [0.5, 0.6) is 0 Å². The van der Waals surface area contributed by atoms with Crippen LogP contribution in [0.25, 0.3) is 11.0 Å². The molecule has 0 unspecified atom stereocenters. The smallest absolute Gasteiger partial charge is 0.370 e. The van der Waals surface area contributed by atoms with Crippen molar-refractivity contribution in [2.75, 3.05) is 67.7 Å². The number of nitrogens with zero attached hydrogens (tertiary/aromatic N) is 8. The van der Waals surface area contributed by atoms with Crippen molar-refractivity contribution in [3.05, 3.63) is 24.3 Å². The predicted molar refractivity (Wildman–Crippen MR) is 162 cm³/mol. The van der Waals surface area contributed by atoms with Gasteiger partial charge in [0.1, 0.15) is 35.5 Å². The van der Waals surface area contributed by atoms with Gasteiger partial charge in [0, 0.05) is 63.0 Å². The zero-order valence-corrected chi connectivity index (χ0v) is 27.0. The van der Waals surface area contributed by atoms with Crippen LogP contribution in [0, 0.1) is 0 Å². The lowest BCUT2D eigenvalue weighted by Gasteiger charge is -2.32. The normalized spacial score (nSPS) is 17.7. The molecule has 2 aliphatic rings. The number of carbonyl (C=O) groups is 2. The number of aromatic nitrogens is 6. The number of fused-ring (bicyclic) bond motifs is 1. The van der Waals surface area contributed by atoms with Gasteiger partial charge in [-0.05, 0) is 13.0 Å². The number of nitrogens with one attached hydrogen (secondary N) is 2. The molecule has 50 heavy (non-hydrogen) atoms. The largest absolute Gasteiger partial charge is 0.458 e. The highest BCUT2D eigenvalue weighted by atomic mass is 32.2. The number of carbonyl (C=O) groups excluding carboxylic acids is 2. The quantitative estimate of drug-likeness (QED) is 0.178. The van der Waals surface area contributed by atoms with Crippen LogP contribution in [-0.2, 0) is 27.4 Å². The fourth-order valence-electron chi connectivity index (χ4n) is 4.80. The fourth-order valence-corrected chi connectivity index (χ4v) is 5.77. The lowest BCUT2D eigenvalue weighted by Crippen LogP contribution is -2.49. The third kappa shape index (κ3) is 11.1. The van der Waals surface area contributed by atoms with E-state index in [9.17, 15) is 49.1 Å². The van der Waals surface area contributed by atoms with E-state index in [1.54, 1.807) is 16.9 Å². The van der Waals surface area contributed by atoms with E-state index in [1.165, 1.54) is 6.33 Å². The average molecular weight is 747 g/mol. The third-order valence-electron chi connectivity index (χ3n) is 7.04. The molecule has 0 aromatic carbocycles. The summed E-state index contributed by atoms with van der Waals surface area (Å²) in [5.41, 5.74) is 2.04. The highest BCUT2D eigenvalue weighted by Gasteiger charge is 2.54. The minimum absolute atomic E-state index is 0.119. The van der Waals surface area contributed by atoms with Gasteiger partial charge in [0.15, 0.2) is 5.82 Å². The van der Waals surface area contributed by atoms with Crippen molar-refractivity contribution in [2.45, 2.75) is 44.6 Å². The number of hydrogen-bond acceptors (Lipinski definition) is 13. The van der Waals surface area contributed by atoms with E-state index < -0.39 is 36.7 Å². The molecule has 23 heteroatoms. The molecule has 0 amide bonds. The van der Waals surface area contributed by atoms with Crippen LogP contribution in [0.1, 0.15) is 12.6 Å². The van der Waals surface area contributed by atoms with Gasteiger partial charge >= 0.3 is 30.1 Å². The molecule has 13 nitrogen and oxygen atoms in total. The highest BCUT2D eigenvalue weighted by molar-refractivity contribution is 7.99. The van der Waals surface area contributed by atoms with Gasteiger partial charge in [-0.2, -0.15) is 61.4 Å². The Morgan fingerprint density at radius 1 is 1.02 bits per heavy atom. The standard InChI is InChI=1S/C23H31F3N10OS.C4F6O2/c1-16-12-35(5-4-28-16)22-31-19-17(13-34-7-10-38-11-8-34)33-36(6-9-37-14-23(24,25)26)20(19)21(32-22)30-18-2-3-27-15-29-18;5-3(6,7)1(11)2(12)4(8,9)10/h2-3,15-16,28H,4-14H2,1H3,(H,27,29,30,31,32);/t16-;/m1./s1. The second kappa shape index (κ2) is 16.5. The molecule has 0 bridgehead atoms. The Kier molecular flexibility index (Phi) is 12.8. The van der Waals surface area contributed by atoms with Crippen LogP contribution in [0.4, 0.5) is 57.1 Å². The monoisotopic (exact) mass is 746 g/mol. The molecule has 0 radical (unpaired) electrons. The van der Waals surface area contributed by atoms with Crippen molar-refractivity contribution in [3.63, 3.8) is 0 Å². The van der Waals surface area contributed by atoms with E-state index in [-0.39, 0.29) is 19.2 Å². The first-order valence-corrected chi connectivity index (χ1v) is 16.0. The molecule has 0 spiro atoms. The summed E-state index contributed by atoms with van der Waals surface area (Å²) in [5.74, 6) is -3.13. The summed E-state index contributed by atoms with van der Waals surface area (Å²) in [5, 5.41) is 11.5. The molecule has 3 aromatic heterocycles. The first kappa shape index (κ1) is 39.0. The Bertz CT molecular complexity index is 1580. The van der Waals surface area contributed by atoms with Crippen molar-refractivity contribution >= 4 is 51.9 Å². The van der Waals surface area contributed by atoms with Crippen LogP contribution >= 0.6 is 11.8 Å². The third-order valence-corrected chi connectivity index (χ3v) is 7.98. The van der Waals surface area contributed by atoms with Gasteiger partial charge in [-0.25, -0.2) is 15.0 Å². The highest BCUT2D eigenvalue weighted by Crippen LogP contribution is 2.30. The maximum Gasteiger partial charge on any atom is 0.458 e. The molecular weight excluding hydrogens is 715 g/mol. The second-order valence-electron chi connectivity index (χ2n) is 11.0. The van der Waals surface area contributed by atoms with Crippen molar-refractivity contribution in [1.82, 2.24) is 39.9 Å². The molecular formula is C27H31F9N10O3S. The van der Waals surface area contributed by atoms with E-state index in [2.05, 4.69) is 37.3 Å². The van der Waals surface area contributed by atoms with Crippen molar-refractivity contribution < 1.29 is 53.8 Å². The van der Waals surface area contributed by atoms with Crippen molar-refractivity contribution in [3.8, 4) is 0 Å². The number of thioether (sulfide) groups is 1. The van der Waals surface area contributed by atoms with Gasteiger partial charge in [0.25, 0.3) is 0 Å². The van der Waals surface area contributed by atoms with Crippen molar-refractivity contribution in [2.24, 2.45) is 0 Å². The summed E-state index contributed by atoms with van der Waals surface area (Å²) in [6.45, 7) is 5.55.